The van der Waals surface area contributed by atoms with Crippen molar-refractivity contribution >= 4 is 31.5 Å². The van der Waals surface area contributed by atoms with Gasteiger partial charge in [-0.1, -0.05) is 68.4 Å². The topological polar surface area (TPSA) is 194 Å². The molecule has 0 saturated carbocycles. The molecule has 1 aliphatic heterocycles. The van der Waals surface area contributed by atoms with Crippen LogP contribution in [0.15, 0.2) is 90.0 Å². The van der Waals surface area contributed by atoms with Crippen LogP contribution >= 0.6 is 8.53 Å². The van der Waals surface area contributed by atoms with Gasteiger partial charge >= 0.3 is 0 Å². The molecule has 1 saturated heterocycles. The molecule has 5 aromatic rings. The lowest BCUT2D eigenvalue weighted by Gasteiger charge is -2.39. The summed E-state index contributed by atoms with van der Waals surface area (Å²) >= 11 is 0. The number of methoxy groups -OCH3 is 3. The van der Waals surface area contributed by atoms with E-state index >= 15 is 0 Å². The number of nitrogens with zero attached hydrogens (tertiary/aromatic N) is 5. The molecule has 17 nitrogen and oxygen atoms in total. The number of fused-ring (bicyclic) bond motifs is 1. The van der Waals surface area contributed by atoms with E-state index in [9.17, 15) is 14.9 Å². The monoisotopic (exact) mass is 913 g/mol. The van der Waals surface area contributed by atoms with Gasteiger partial charge in [0.1, 0.15) is 35.4 Å². The first-order valence-corrected chi connectivity index (χ1v) is 22.8. The van der Waals surface area contributed by atoms with E-state index in [4.69, 9.17) is 37.5 Å². The molecule has 0 aliphatic carbocycles. The van der Waals surface area contributed by atoms with Crippen LogP contribution in [-0.2, 0) is 38.4 Å². The van der Waals surface area contributed by atoms with E-state index in [1.165, 1.54) is 6.33 Å². The molecule has 1 fully saturated rings. The second kappa shape index (κ2) is 22.8. The number of nitriles is 1. The number of amides is 1. The number of benzene rings is 3. The summed E-state index contributed by atoms with van der Waals surface area (Å²) in [4.78, 5) is 38.0. The minimum Gasteiger partial charge on any atom is -0.497 e. The number of imidazole rings is 1. The van der Waals surface area contributed by atoms with Crippen molar-refractivity contribution in [2.45, 2.75) is 90.2 Å². The fourth-order valence-corrected chi connectivity index (χ4v) is 9.52. The Hall–Kier alpha value is -5.28. The van der Waals surface area contributed by atoms with Gasteiger partial charge in [-0.15, -0.1) is 0 Å². The molecular formula is C47H60N7O10P. The van der Waals surface area contributed by atoms with E-state index in [0.29, 0.717) is 11.5 Å². The maximum Gasteiger partial charge on any atom is 0.280 e. The number of H-pyrrole nitrogens is 1. The Bertz CT molecular complexity index is 2330. The normalized spacial score (nSPS) is 18.2. The Kier molecular flexibility index (Phi) is 17.2. The second-order valence-electron chi connectivity index (χ2n) is 16.2. The van der Waals surface area contributed by atoms with Gasteiger partial charge in [0.2, 0.25) is 11.9 Å². The molecular weight excluding hydrogens is 854 g/mol. The SMILES string of the molecule is COCCOC1C(OP(OCCC#N)N(C(C)C)C(C)C)C(COC(c2ccccc2)(c2ccc(OC)cc2)c2ccc(OC)cc2)OC1n1cnc2c(=O)[nH]c(NC(=O)C(C)C)nc21. The standard InChI is InChI=1S/C47H60N7O10P/c1-30(2)43(55)51-46-50-42-39(44(56)52-46)49-29-53(42)45-41(60-27-26-57-7)40(64-65(62-25-13-24-48)54(31(3)4)32(5)6)38(63-45)28-61-47(33-14-11-10-12-15-33,34-16-20-36(58-8)21-17-34)35-18-22-37(59-9)23-19-35/h10-12,14-23,29-32,38,40-41,45H,13,25-28H2,1-9H3,(H2,50,51,52,55,56). The van der Waals surface area contributed by atoms with E-state index in [1.54, 1.807) is 39.7 Å². The average molecular weight is 914 g/mol. The van der Waals surface area contributed by atoms with Gasteiger partial charge in [0.25, 0.3) is 14.1 Å². The third-order valence-corrected chi connectivity index (χ3v) is 13.0. The van der Waals surface area contributed by atoms with Crippen molar-refractivity contribution in [3.05, 3.63) is 112 Å². The number of nitrogens with one attached hydrogen (secondary N) is 2. The van der Waals surface area contributed by atoms with E-state index < -0.39 is 44.2 Å². The number of carbonyl (C=O) groups is 1. The largest absolute Gasteiger partial charge is 0.497 e. The van der Waals surface area contributed by atoms with E-state index in [2.05, 4.69) is 58.7 Å². The molecule has 348 valence electrons. The predicted molar refractivity (Wildman–Crippen MR) is 245 cm³/mol. The molecule has 3 heterocycles. The summed E-state index contributed by atoms with van der Waals surface area (Å²) in [6, 6.07) is 27.5. The van der Waals surface area contributed by atoms with Crippen molar-refractivity contribution < 1.29 is 42.3 Å². The van der Waals surface area contributed by atoms with Gasteiger partial charge in [-0.2, -0.15) is 10.2 Å². The van der Waals surface area contributed by atoms with Crippen molar-refractivity contribution in [3.63, 3.8) is 0 Å². The quantitative estimate of drug-likeness (QED) is 0.0376. The number of anilines is 1. The van der Waals surface area contributed by atoms with Crippen molar-refractivity contribution in [1.82, 2.24) is 24.2 Å². The number of aromatic amines is 1. The van der Waals surface area contributed by atoms with Gasteiger partial charge < -0.3 is 37.5 Å². The molecule has 5 unspecified atom stereocenters. The van der Waals surface area contributed by atoms with Gasteiger partial charge in [0.05, 0.1) is 59.5 Å². The summed E-state index contributed by atoms with van der Waals surface area (Å²) in [7, 11) is 2.97. The highest BCUT2D eigenvalue weighted by molar-refractivity contribution is 7.44. The summed E-state index contributed by atoms with van der Waals surface area (Å²) in [6.45, 7) is 12.1. The predicted octanol–water partition coefficient (Wildman–Crippen LogP) is 7.33. The van der Waals surface area contributed by atoms with Crippen LogP contribution in [0.4, 0.5) is 5.95 Å². The summed E-state index contributed by atoms with van der Waals surface area (Å²) in [5.74, 6) is 0.594. The van der Waals surface area contributed by atoms with Crippen LogP contribution in [0.5, 0.6) is 11.5 Å². The van der Waals surface area contributed by atoms with Gasteiger partial charge in [-0.05, 0) is 68.7 Å². The van der Waals surface area contributed by atoms with Gasteiger partial charge in [0, 0.05) is 25.1 Å². The van der Waals surface area contributed by atoms with Crippen LogP contribution in [0.2, 0.25) is 0 Å². The number of aromatic nitrogens is 4. The number of rotatable bonds is 23. The molecule has 0 bridgehead atoms. The Balaban J connectivity index is 1.53. The molecule has 65 heavy (non-hydrogen) atoms. The summed E-state index contributed by atoms with van der Waals surface area (Å²) in [5, 5.41) is 12.2. The smallest absolute Gasteiger partial charge is 0.280 e. The summed E-state index contributed by atoms with van der Waals surface area (Å²) in [6.07, 6.45) is -2.07. The first-order chi connectivity index (χ1) is 31.4. The van der Waals surface area contributed by atoms with E-state index in [-0.39, 0.29) is 73.9 Å². The Morgan fingerprint density at radius 2 is 1.51 bits per heavy atom. The summed E-state index contributed by atoms with van der Waals surface area (Å²) in [5.41, 5.74) is 0.841. The molecule has 2 aromatic heterocycles. The van der Waals surface area contributed by atoms with Gasteiger partial charge in [-0.25, -0.2) is 9.65 Å². The number of carbonyl (C=O) groups excluding carboxylic acids is 1. The highest BCUT2D eigenvalue weighted by Crippen LogP contribution is 2.51. The lowest BCUT2D eigenvalue weighted by atomic mass is 9.80. The maximum atomic E-state index is 13.5. The summed E-state index contributed by atoms with van der Waals surface area (Å²) < 4.78 is 55.2. The minimum atomic E-state index is -1.85. The third-order valence-electron chi connectivity index (χ3n) is 10.9. The molecule has 0 radical (unpaired) electrons. The zero-order chi connectivity index (χ0) is 46.7. The highest BCUT2D eigenvalue weighted by atomic mass is 31.2. The first kappa shape index (κ1) is 49.2. The average Bonchev–Trinajstić information content (AvgIpc) is 3.88. The minimum absolute atomic E-state index is 0.0206. The molecule has 5 atom stereocenters. The molecule has 1 amide bonds. The second-order valence-corrected chi connectivity index (χ2v) is 17.6. The Morgan fingerprint density at radius 3 is 2.06 bits per heavy atom. The van der Waals surface area contributed by atoms with Gasteiger partial charge in [0.15, 0.2) is 17.4 Å². The lowest BCUT2D eigenvalue weighted by molar-refractivity contribution is -0.118. The highest BCUT2D eigenvalue weighted by Gasteiger charge is 2.52. The zero-order valence-electron chi connectivity index (χ0n) is 38.4. The van der Waals surface area contributed by atoms with Crippen molar-refractivity contribution in [2.75, 3.05) is 53.1 Å². The number of hydrogen-bond donors (Lipinski definition) is 2. The van der Waals surface area contributed by atoms with Crippen LogP contribution in [0.3, 0.4) is 0 Å². The van der Waals surface area contributed by atoms with Crippen LogP contribution in [0, 0.1) is 17.2 Å². The number of ether oxygens (including phenoxy) is 6. The molecule has 0 spiro atoms. The van der Waals surface area contributed by atoms with Crippen LogP contribution in [0.1, 0.15) is 70.9 Å². The van der Waals surface area contributed by atoms with Crippen molar-refractivity contribution in [3.8, 4) is 17.6 Å². The molecule has 6 rings (SSSR count). The van der Waals surface area contributed by atoms with Crippen molar-refractivity contribution in [1.29, 1.82) is 5.26 Å². The Labute approximate surface area is 381 Å². The third kappa shape index (κ3) is 11.2. The lowest BCUT2D eigenvalue weighted by Crippen LogP contribution is -2.43. The van der Waals surface area contributed by atoms with E-state index in [0.717, 1.165) is 16.7 Å². The van der Waals surface area contributed by atoms with Crippen molar-refractivity contribution in [2.24, 2.45) is 5.92 Å². The fourth-order valence-electron chi connectivity index (χ4n) is 7.75. The zero-order valence-corrected chi connectivity index (χ0v) is 39.3. The first-order valence-electron chi connectivity index (χ1n) is 21.6. The fraction of sp³-hybridized carbons (Fsp3) is 0.468. The molecule has 3 aromatic carbocycles. The Morgan fingerprint density at radius 1 is 0.892 bits per heavy atom. The molecule has 18 heteroatoms. The van der Waals surface area contributed by atoms with E-state index in [1.807, 2.05) is 78.9 Å². The molecule has 1 aliphatic rings. The maximum absolute atomic E-state index is 13.5. The molecule has 2 N–H and O–H groups in total. The van der Waals surface area contributed by atoms with Gasteiger partial charge in [-0.3, -0.25) is 24.5 Å². The van der Waals surface area contributed by atoms with Crippen LogP contribution < -0.4 is 20.3 Å². The van der Waals surface area contributed by atoms with Crippen LogP contribution in [0.25, 0.3) is 11.2 Å². The van der Waals surface area contributed by atoms with Crippen LogP contribution in [-0.4, -0.2) is 108 Å². The number of hydrogen-bond acceptors (Lipinski definition) is 14.